The van der Waals surface area contributed by atoms with Crippen molar-refractivity contribution in [2.75, 3.05) is 11.9 Å². The summed E-state index contributed by atoms with van der Waals surface area (Å²) in [5.41, 5.74) is 1.07. The van der Waals surface area contributed by atoms with Gasteiger partial charge in [-0.2, -0.15) is 0 Å². The largest absolute Gasteiger partial charge is 0.490 e. The highest BCUT2D eigenvalue weighted by Crippen LogP contribution is 2.29. The van der Waals surface area contributed by atoms with Gasteiger partial charge in [0.05, 0.1) is 6.10 Å². The number of unbranched alkanes of at least 4 members (excludes halogenated alkanes) is 2. The fraction of sp³-hybridized carbons (Fsp3) is 0.682. The molecule has 0 aliphatic heterocycles. The molecule has 0 unspecified atom stereocenters. The Balaban J connectivity index is 2.00. The summed E-state index contributed by atoms with van der Waals surface area (Å²) in [6.07, 6.45) is 9.11. The molecule has 0 heterocycles. The zero-order chi connectivity index (χ0) is 19.0. The van der Waals surface area contributed by atoms with E-state index in [1.54, 1.807) is 0 Å². The van der Waals surface area contributed by atoms with Crippen LogP contribution in [0.1, 0.15) is 77.7 Å². The van der Waals surface area contributed by atoms with Gasteiger partial charge in [0.2, 0.25) is 0 Å². The molecule has 0 bridgehead atoms. The van der Waals surface area contributed by atoms with E-state index >= 15 is 0 Å². The fourth-order valence-electron chi connectivity index (χ4n) is 3.59. The Bertz CT molecular complexity index is 581. The molecule has 1 aliphatic rings. The monoisotopic (exact) mass is 361 g/mol. The molecule has 146 valence electrons. The van der Waals surface area contributed by atoms with Crippen LogP contribution < -0.4 is 10.1 Å². The summed E-state index contributed by atoms with van der Waals surface area (Å²) in [6.45, 7) is 8.55. The number of anilines is 1. The Morgan fingerprint density at radius 1 is 1.23 bits per heavy atom. The number of nitrogens with one attached hydrogen (secondary N) is 1. The topological polar surface area (TPSA) is 47.6 Å². The zero-order valence-corrected chi connectivity index (χ0v) is 16.9. The van der Waals surface area contributed by atoms with Gasteiger partial charge in [-0.05, 0) is 76.6 Å². The lowest BCUT2D eigenvalue weighted by molar-refractivity contribution is -0.139. The van der Waals surface area contributed by atoms with Crippen molar-refractivity contribution in [3.05, 3.63) is 23.8 Å². The average molecular weight is 362 g/mol. The first-order chi connectivity index (χ1) is 12.5. The zero-order valence-electron chi connectivity index (χ0n) is 16.9. The van der Waals surface area contributed by atoms with Crippen molar-refractivity contribution in [1.82, 2.24) is 0 Å². The lowest BCUT2D eigenvalue weighted by atomic mass is 9.96. The summed E-state index contributed by atoms with van der Waals surface area (Å²) in [7, 11) is 0. The number of aryl methyl sites for hydroxylation is 1. The number of amides is 1. The highest BCUT2D eigenvalue weighted by Gasteiger charge is 2.33. The molecule has 0 radical (unpaired) electrons. The third-order valence-electron chi connectivity index (χ3n) is 5.23. The molecule has 4 nitrogen and oxygen atoms in total. The van der Waals surface area contributed by atoms with Crippen LogP contribution in [0.3, 0.4) is 0 Å². The molecule has 1 aromatic carbocycles. The molecule has 1 aromatic rings. The minimum absolute atomic E-state index is 0.0701. The maximum absolute atomic E-state index is 12.8. The van der Waals surface area contributed by atoms with Gasteiger partial charge in [-0.1, -0.05) is 26.2 Å². The SMILES string of the molecule is CCCCC[C@@](C)(OCC)C(=O)Nc1ccc(OC2CCCC2)c(C)c1. The maximum Gasteiger partial charge on any atom is 0.256 e. The highest BCUT2D eigenvalue weighted by atomic mass is 16.5. The van der Waals surface area contributed by atoms with Crippen LogP contribution in [0.2, 0.25) is 0 Å². The number of rotatable bonds is 10. The minimum Gasteiger partial charge on any atom is -0.490 e. The van der Waals surface area contributed by atoms with Crippen molar-refractivity contribution in [2.45, 2.75) is 90.8 Å². The number of benzene rings is 1. The van der Waals surface area contributed by atoms with E-state index in [0.717, 1.165) is 55.5 Å². The summed E-state index contributed by atoms with van der Waals surface area (Å²) in [5, 5.41) is 3.04. The molecule has 1 aliphatic carbocycles. The van der Waals surface area contributed by atoms with Crippen molar-refractivity contribution in [1.29, 1.82) is 0 Å². The standard InChI is InChI=1S/C22H35NO3/c1-5-7-10-15-22(4,25-6-2)21(24)23-18-13-14-20(17(3)16-18)26-19-11-8-9-12-19/h13-14,16,19H,5-12,15H2,1-4H3,(H,23,24)/t22-/m1/s1. The van der Waals surface area contributed by atoms with Gasteiger partial charge in [0.25, 0.3) is 5.91 Å². The van der Waals surface area contributed by atoms with Gasteiger partial charge >= 0.3 is 0 Å². The van der Waals surface area contributed by atoms with Gasteiger partial charge in [0.15, 0.2) is 0 Å². The van der Waals surface area contributed by atoms with Gasteiger partial charge in [-0.25, -0.2) is 0 Å². The van der Waals surface area contributed by atoms with E-state index in [1.807, 2.05) is 39.0 Å². The summed E-state index contributed by atoms with van der Waals surface area (Å²) >= 11 is 0. The van der Waals surface area contributed by atoms with E-state index in [9.17, 15) is 4.79 Å². The Hall–Kier alpha value is -1.55. The van der Waals surface area contributed by atoms with Crippen LogP contribution in [-0.4, -0.2) is 24.2 Å². The first-order valence-corrected chi connectivity index (χ1v) is 10.2. The van der Waals surface area contributed by atoms with Crippen molar-refractivity contribution >= 4 is 11.6 Å². The van der Waals surface area contributed by atoms with Crippen LogP contribution in [0.4, 0.5) is 5.69 Å². The van der Waals surface area contributed by atoms with E-state index in [-0.39, 0.29) is 5.91 Å². The molecule has 1 saturated carbocycles. The van der Waals surface area contributed by atoms with Crippen LogP contribution in [0, 0.1) is 6.92 Å². The molecular formula is C22H35NO3. The molecule has 1 N–H and O–H groups in total. The van der Waals surface area contributed by atoms with Gasteiger partial charge in [-0.15, -0.1) is 0 Å². The highest BCUT2D eigenvalue weighted by molar-refractivity contribution is 5.97. The van der Waals surface area contributed by atoms with Gasteiger partial charge < -0.3 is 14.8 Å². The van der Waals surface area contributed by atoms with E-state index in [0.29, 0.717) is 12.7 Å². The molecule has 1 fully saturated rings. The third kappa shape index (κ3) is 5.73. The van der Waals surface area contributed by atoms with Crippen molar-refractivity contribution in [3.8, 4) is 5.75 Å². The molecular weight excluding hydrogens is 326 g/mol. The number of hydrogen-bond acceptors (Lipinski definition) is 3. The van der Waals surface area contributed by atoms with E-state index < -0.39 is 5.60 Å². The predicted octanol–water partition coefficient (Wildman–Crippen LogP) is 5.63. The summed E-state index contributed by atoms with van der Waals surface area (Å²) < 4.78 is 11.9. The molecule has 4 heteroatoms. The average Bonchev–Trinajstić information content (AvgIpc) is 3.11. The quantitative estimate of drug-likeness (QED) is 0.549. The second kappa shape index (κ2) is 9.96. The Labute approximate surface area is 158 Å². The number of carbonyl (C=O) groups excluding carboxylic acids is 1. The van der Waals surface area contributed by atoms with Crippen molar-refractivity contribution in [2.24, 2.45) is 0 Å². The molecule has 1 amide bonds. The second-order valence-corrected chi connectivity index (χ2v) is 7.58. The van der Waals surface area contributed by atoms with Crippen LogP contribution in [0.25, 0.3) is 0 Å². The van der Waals surface area contributed by atoms with Gasteiger partial charge in [-0.3, -0.25) is 4.79 Å². The number of ether oxygens (including phenoxy) is 2. The summed E-state index contributed by atoms with van der Waals surface area (Å²) in [5.74, 6) is 0.852. The number of carbonyl (C=O) groups is 1. The van der Waals surface area contributed by atoms with Crippen LogP contribution in [0.15, 0.2) is 18.2 Å². The van der Waals surface area contributed by atoms with Gasteiger partial charge in [0, 0.05) is 12.3 Å². The molecule has 1 atom stereocenters. The lowest BCUT2D eigenvalue weighted by Crippen LogP contribution is -2.42. The lowest BCUT2D eigenvalue weighted by Gasteiger charge is -2.28. The van der Waals surface area contributed by atoms with Gasteiger partial charge in [0.1, 0.15) is 11.4 Å². The molecule has 0 saturated heterocycles. The van der Waals surface area contributed by atoms with Crippen molar-refractivity contribution in [3.63, 3.8) is 0 Å². The molecule has 2 rings (SSSR count). The van der Waals surface area contributed by atoms with Crippen molar-refractivity contribution < 1.29 is 14.3 Å². The van der Waals surface area contributed by atoms with Crippen LogP contribution >= 0.6 is 0 Å². The van der Waals surface area contributed by atoms with E-state index in [4.69, 9.17) is 9.47 Å². The normalized spacial score (nSPS) is 17.1. The van der Waals surface area contributed by atoms with Crippen LogP contribution in [-0.2, 0) is 9.53 Å². The third-order valence-corrected chi connectivity index (χ3v) is 5.23. The summed E-state index contributed by atoms with van der Waals surface area (Å²) in [6, 6.07) is 5.88. The first-order valence-electron chi connectivity index (χ1n) is 10.2. The number of hydrogen-bond donors (Lipinski definition) is 1. The Morgan fingerprint density at radius 2 is 1.96 bits per heavy atom. The van der Waals surface area contributed by atoms with E-state index in [1.165, 1.54) is 12.8 Å². The Morgan fingerprint density at radius 3 is 2.58 bits per heavy atom. The Kier molecular flexibility index (Phi) is 7.95. The van der Waals surface area contributed by atoms with Crippen LogP contribution in [0.5, 0.6) is 5.75 Å². The second-order valence-electron chi connectivity index (χ2n) is 7.58. The molecule has 26 heavy (non-hydrogen) atoms. The molecule has 0 aromatic heterocycles. The van der Waals surface area contributed by atoms with E-state index in [2.05, 4.69) is 12.2 Å². The minimum atomic E-state index is -0.781. The fourth-order valence-corrected chi connectivity index (χ4v) is 3.59. The smallest absolute Gasteiger partial charge is 0.256 e. The first kappa shape index (κ1) is 20.8. The maximum atomic E-state index is 12.8. The summed E-state index contributed by atoms with van der Waals surface area (Å²) in [4.78, 5) is 12.8. The predicted molar refractivity (Wildman–Crippen MR) is 107 cm³/mol. The molecule has 0 spiro atoms.